The zero-order valence-corrected chi connectivity index (χ0v) is 16.7. The average Bonchev–Trinajstić information content (AvgIpc) is 2.66. The molecule has 0 aliphatic heterocycles. The van der Waals surface area contributed by atoms with Gasteiger partial charge in [-0.3, -0.25) is 0 Å². The third-order valence-electron chi connectivity index (χ3n) is 4.97. The van der Waals surface area contributed by atoms with E-state index in [4.69, 9.17) is 10.5 Å². The highest BCUT2D eigenvalue weighted by atomic mass is 16.6. The fourth-order valence-corrected chi connectivity index (χ4v) is 3.44. The second-order valence-electron chi connectivity index (χ2n) is 7.55. The molecule has 0 radical (unpaired) electrons. The molecule has 2 aromatic rings. The van der Waals surface area contributed by atoms with Gasteiger partial charge < -0.3 is 15.6 Å². The SMILES string of the molecule is CC(C)[C@@H](C(=O)O)[N+](C)(CCc1ccc(N)cc1)C(=O)OCc1ccccc1. The van der Waals surface area contributed by atoms with Crippen LogP contribution in [0.4, 0.5) is 10.5 Å². The molecule has 0 aromatic heterocycles. The smallest absolute Gasteiger partial charge is 0.477 e. The van der Waals surface area contributed by atoms with Crippen molar-refractivity contribution in [3.05, 3.63) is 65.7 Å². The van der Waals surface area contributed by atoms with Crippen molar-refractivity contribution in [3.8, 4) is 0 Å². The van der Waals surface area contributed by atoms with Crippen LogP contribution in [0.2, 0.25) is 0 Å². The molecule has 0 spiro atoms. The molecule has 0 aliphatic rings. The summed E-state index contributed by atoms with van der Waals surface area (Å²) >= 11 is 0. The van der Waals surface area contributed by atoms with Crippen LogP contribution < -0.4 is 5.73 Å². The van der Waals surface area contributed by atoms with Gasteiger partial charge in [0, 0.05) is 18.0 Å². The monoisotopic (exact) mass is 385 g/mol. The first-order chi connectivity index (χ1) is 13.2. The summed E-state index contributed by atoms with van der Waals surface area (Å²) in [5.74, 6) is -1.25. The Hall–Kier alpha value is -2.86. The lowest BCUT2D eigenvalue weighted by molar-refractivity contribution is -0.858. The molecule has 2 aromatic carbocycles. The van der Waals surface area contributed by atoms with E-state index >= 15 is 0 Å². The van der Waals surface area contributed by atoms with E-state index in [0.29, 0.717) is 18.7 Å². The van der Waals surface area contributed by atoms with E-state index in [1.54, 1.807) is 19.2 Å². The van der Waals surface area contributed by atoms with E-state index < -0.39 is 18.1 Å². The molecule has 1 unspecified atom stereocenters. The lowest BCUT2D eigenvalue weighted by atomic mass is 9.99. The van der Waals surface area contributed by atoms with Gasteiger partial charge in [0.25, 0.3) is 0 Å². The fraction of sp³-hybridized carbons (Fsp3) is 0.364. The van der Waals surface area contributed by atoms with Crippen LogP contribution in [0.3, 0.4) is 0 Å². The summed E-state index contributed by atoms with van der Waals surface area (Å²) in [7, 11) is 1.64. The largest absolute Gasteiger partial charge is 0.516 e. The highest BCUT2D eigenvalue weighted by molar-refractivity contribution is 5.75. The number of rotatable bonds is 8. The van der Waals surface area contributed by atoms with Gasteiger partial charge >= 0.3 is 12.1 Å². The minimum atomic E-state index is -1.01. The van der Waals surface area contributed by atoms with E-state index in [9.17, 15) is 14.7 Å². The Balaban J connectivity index is 2.22. The maximum Gasteiger partial charge on any atom is 0.516 e. The normalized spacial score (nSPS) is 14.3. The van der Waals surface area contributed by atoms with Gasteiger partial charge in [-0.25, -0.2) is 9.28 Å². The van der Waals surface area contributed by atoms with Crippen LogP contribution in [0, 0.1) is 5.92 Å². The Kier molecular flexibility index (Phi) is 7.18. The predicted molar refractivity (Wildman–Crippen MR) is 108 cm³/mol. The van der Waals surface area contributed by atoms with E-state index in [-0.39, 0.29) is 17.0 Å². The number of carboxylic acid groups (broad SMARTS) is 1. The number of aliphatic carboxylic acids is 1. The Morgan fingerprint density at radius 2 is 1.64 bits per heavy atom. The molecule has 0 fully saturated rings. The molecule has 150 valence electrons. The number of amides is 1. The van der Waals surface area contributed by atoms with Crippen molar-refractivity contribution in [1.29, 1.82) is 0 Å². The van der Waals surface area contributed by atoms with Crippen molar-refractivity contribution < 1.29 is 23.9 Å². The van der Waals surface area contributed by atoms with Crippen molar-refractivity contribution in [2.75, 3.05) is 19.3 Å². The quantitative estimate of drug-likeness (QED) is 0.534. The molecule has 1 amide bonds. The van der Waals surface area contributed by atoms with E-state index in [0.717, 1.165) is 11.1 Å². The predicted octanol–water partition coefficient (Wildman–Crippen LogP) is 3.70. The molecule has 0 heterocycles. The van der Waals surface area contributed by atoms with Gasteiger partial charge in [0.1, 0.15) is 6.61 Å². The fourth-order valence-electron chi connectivity index (χ4n) is 3.44. The first kappa shape index (κ1) is 21.4. The summed E-state index contributed by atoms with van der Waals surface area (Å²) in [6.45, 7) is 4.04. The Bertz CT molecular complexity index is 790. The van der Waals surface area contributed by atoms with E-state index in [2.05, 4.69) is 0 Å². The second kappa shape index (κ2) is 9.37. The number of ether oxygens (including phenoxy) is 1. The maximum absolute atomic E-state index is 13.0. The van der Waals surface area contributed by atoms with Gasteiger partial charge in [0.05, 0.1) is 13.6 Å². The highest BCUT2D eigenvalue weighted by Crippen LogP contribution is 2.23. The van der Waals surface area contributed by atoms with Gasteiger partial charge in [0.15, 0.2) is 6.04 Å². The van der Waals surface area contributed by atoms with Crippen LogP contribution in [0.15, 0.2) is 54.6 Å². The number of hydrogen-bond acceptors (Lipinski definition) is 4. The minimum Gasteiger partial charge on any atom is -0.477 e. The van der Waals surface area contributed by atoms with Gasteiger partial charge in [-0.15, -0.1) is 0 Å². The number of likely N-dealkylation sites (N-methyl/N-ethyl adjacent to an activating group) is 1. The molecular formula is C22H29N2O4+. The molecule has 0 saturated heterocycles. The number of benzene rings is 2. The first-order valence-corrected chi connectivity index (χ1v) is 9.37. The highest BCUT2D eigenvalue weighted by Gasteiger charge is 2.48. The molecule has 0 aliphatic carbocycles. The van der Waals surface area contributed by atoms with Crippen LogP contribution >= 0.6 is 0 Å². The standard InChI is InChI=1S/C22H28N2O4/c1-16(2)20(21(25)26)24(3,14-13-17-9-11-19(23)12-10-17)22(27)28-15-18-7-5-4-6-8-18/h4-12,16,20H,13-15,23H2,1-3H3/p+1/t20-,24?/m0/s1. The zero-order valence-electron chi connectivity index (χ0n) is 16.7. The summed E-state index contributed by atoms with van der Waals surface area (Å²) < 4.78 is 5.20. The summed E-state index contributed by atoms with van der Waals surface area (Å²) in [4.78, 5) is 25.0. The molecular weight excluding hydrogens is 356 g/mol. The van der Waals surface area contributed by atoms with Crippen LogP contribution in [-0.4, -0.2) is 41.3 Å². The Morgan fingerprint density at radius 1 is 1.04 bits per heavy atom. The van der Waals surface area contributed by atoms with Gasteiger partial charge in [-0.1, -0.05) is 56.3 Å². The summed E-state index contributed by atoms with van der Waals surface area (Å²) in [6.07, 6.45) is -0.00586. The number of carboxylic acids is 1. The molecule has 3 N–H and O–H groups in total. The number of quaternary nitrogens is 1. The van der Waals surface area contributed by atoms with E-state index in [1.807, 2.05) is 56.3 Å². The molecule has 6 nitrogen and oxygen atoms in total. The molecule has 6 heteroatoms. The Labute approximate surface area is 166 Å². The molecule has 0 bridgehead atoms. The number of hydrogen-bond donors (Lipinski definition) is 2. The van der Waals surface area contributed by atoms with Crippen molar-refractivity contribution >= 4 is 17.7 Å². The number of nitrogens with zero attached hydrogens (tertiary/aromatic N) is 1. The van der Waals surface area contributed by atoms with Crippen LogP contribution in [-0.2, 0) is 22.6 Å². The number of anilines is 1. The molecule has 0 saturated carbocycles. The van der Waals surface area contributed by atoms with Crippen LogP contribution in [0.5, 0.6) is 0 Å². The maximum atomic E-state index is 13.0. The van der Waals surface area contributed by atoms with Gasteiger partial charge in [0.2, 0.25) is 0 Å². The third-order valence-corrected chi connectivity index (χ3v) is 4.97. The van der Waals surface area contributed by atoms with E-state index in [1.165, 1.54) is 0 Å². The first-order valence-electron chi connectivity index (χ1n) is 9.37. The minimum absolute atomic E-state index is 0.111. The third kappa shape index (κ3) is 5.33. The van der Waals surface area contributed by atoms with Crippen LogP contribution in [0.1, 0.15) is 25.0 Å². The van der Waals surface area contributed by atoms with Gasteiger partial charge in [-0.05, 0) is 23.3 Å². The number of nitrogens with two attached hydrogens (primary N) is 1. The topological polar surface area (TPSA) is 89.6 Å². The van der Waals surface area contributed by atoms with Gasteiger partial charge in [-0.2, -0.15) is 4.79 Å². The number of carbonyl (C=O) groups excluding carboxylic acids is 1. The molecule has 2 atom stereocenters. The van der Waals surface area contributed by atoms with Crippen LogP contribution in [0.25, 0.3) is 0 Å². The summed E-state index contributed by atoms with van der Waals surface area (Å²) in [5, 5.41) is 9.81. The lowest BCUT2D eigenvalue weighted by Gasteiger charge is -2.37. The number of carbonyl (C=O) groups is 2. The van der Waals surface area contributed by atoms with Crippen molar-refractivity contribution in [2.24, 2.45) is 5.92 Å². The van der Waals surface area contributed by atoms with Crippen molar-refractivity contribution in [3.63, 3.8) is 0 Å². The summed E-state index contributed by atoms with van der Waals surface area (Å²) in [5.41, 5.74) is 8.23. The van der Waals surface area contributed by atoms with Crippen molar-refractivity contribution in [1.82, 2.24) is 0 Å². The average molecular weight is 385 g/mol. The Morgan fingerprint density at radius 3 is 2.18 bits per heavy atom. The molecule has 28 heavy (non-hydrogen) atoms. The summed E-state index contributed by atoms with van der Waals surface area (Å²) in [6, 6.07) is 15.8. The van der Waals surface area contributed by atoms with Crippen molar-refractivity contribution in [2.45, 2.75) is 32.9 Å². The lowest BCUT2D eigenvalue weighted by Crippen LogP contribution is -2.62. The molecule has 2 rings (SSSR count). The zero-order chi connectivity index (χ0) is 20.7. The number of nitrogen functional groups attached to an aromatic ring is 1. The second-order valence-corrected chi connectivity index (χ2v) is 7.55.